The Morgan fingerprint density at radius 1 is 0.656 bits per heavy atom. The Morgan fingerprint density at radius 3 is 1.31 bits per heavy atom. The number of benzene rings is 2. The molecule has 172 valence electrons. The standard InChI is InChI=1S/C28H38Cl2Si2/c1-31(2,29)18-21-5-9-25(10-6-21)27-14-23-13-24(15-27)17-28(16-23,20-27)26-11-7-22(8-12-26)19-32(3,4)30/h5-12,23-24H,13-20H2,1-4H3. The molecular weight excluding hydrogens is 463 g/mol. The fourth-order valence-electron chi connectivity index (χ4n) is 7.86. The smallest absolute Gasteiger partial charge is 0.154 e. The van der Waals surface area contributed by atoms with Crippen LogP contribution >= 0.6 is 22.2 Å². The lowest BCUT2D eigenvalue weighted by molar-refractivity contribution is -0.0281. The van der Waals surface area contributed by atoms with Gasteiger partial charge in [-0.2, -0.15) is 22.2 Å². The summed E-state index contributed by atoms with van der Waals surface area (Å²) >= 11 is 13.3. The summed E-state index contributed by atoms with van der Waals surface area (Å²) < 4.78 is 0. The molecule has 0 spiro atoms. The molecule has 0 saturated heterocycles. The fraction of sp³-hybridized carbons (Fsp3) is 0.571. The third kappa shape index (κ3) is 4.67. The molecule has 0 amide bonds. The second-order valence-corrected chi connectivity index (χ2v) is 26.4. The molecule has 0 nitrogen and oxygen atoms in total. The first-order valence-corrected chi connectivity index (χ1v) is 20.9. The highest BCUT2D eigenvalue weighted by atomic mass is 35.6. The molecule has 0 aromatic heterocycles. The normalized spacial score (nSPS) is 31.8. The van der Waals surface area contributed by atoms with Gasteiger partial charge < -0.3 is 0 Å². The number of hydrogen-bond acceptors (Lipinski definition) is 0. The topological polar surface area (TPSA) is 0 Å². The molecule has 0 heterocycles. The van der Waals surface area contributed by atoms with E-state index in [-0.39, 0.29) is 0 Å². The van der Waals surface area contributed by atoms with Gasteiger partial charge in [-0.05, 0) is 95.5 Å². The van der Waals surface area contributed by atoms with E-state index >= 15 is 0 Å². The van der Waals surface area contributed by atoms with Crippen LogP contribution in [0.15, 0.2) is 48.5 Å². The Hall–Kier alpha value is -0.546. The van der Waals surface area contributed by atoms with E-state index in [0.717, 1.165) is 23.9 Å². The third-order valence-electron chi connectivity index (χ3n) is 8.44. The molecular formula is C28H38Cl2Si2. The lowest BCUT2D eigenvalue weighted by Crippen LogP contribution is -2.55. The molecule has 0 aliphatic heterocycles. The van der Waals surface area contributed by atoms with E-state index in [1.165, 1.54) is 49.7 Å². The molecule has 4 heteroatoms. The molecule has 2 aromatic rings. The quantitative estimate of drug-likeness (QED) is 0.275. The Bertz CT molecular complexity index is 875. The average molecular weight is 502 g/mol. The molecule has 4 saturated carbocycles. The van der Waals surface area contributed by atoms with Crippen molar-refractivity contribution in [3.05, 3.63) is 70.8 Å². The zero-order valence-corrected chi connectivity index (χ0v) is 23.7. The molecule has 32 heavy (non-hydrogen) atoms. The summed E-state index contributed by atoms with van der Waals surface area (Å²) in [6.45, 7) is 8.97. The first kappa shape index (κ1) is 23.2. The maximum absolute atomic E-state index is 6.63. The van der Waals surface area contributed by atoms with E-state index in [0.29, 0.717) is 10.8 Å². The van der Waals surface area contributed by atoms with Crippen molar-refractivity contribution in [1.82, 2.24) is 0 Å². The highest BCUT2D eigenvalue weighted by Crippen LogP contribution is 2.66. The van der Waals surface area contributed by atoms with Crippen LogP contribution < -0.4 is 0 Å². The Balaban J connectivity index is 1.43. The predicted octanol–water partition coefficient (Wildman–Crippen LogP) is 8.53. The average Bonchev–Trinajstić information content (AvgIpc) is 2.65. The van der Waals surface area contributed by atoms with Gasteiger partial charge >= 0.3 is 0 Å². The fourth-order valence-corrected chi connectivity index (χ4v) is 11.2. The van der Waals surface area contributed by atoms with Crippen molar-refractivity contribution < 1.29 is 0 Å². The monoisotopic (exact) mass is 500 g/mol. The SMILES string of the molecule is C[Si](C)(Cl)Cc1ccc(C23CC4CC(C2)CC(c2ccc(C[Si](C)(C)Cl)cc2)(C4)C3)cc1. The van der Waals surface area contributed by atoms with Crippen LogP contribution in [0.2, 0.25) is 26.2 Å². The number of hydrogen-bond donors (Lipinski definition) is 0. The summed E-state index contributed by atoms with van der Waals surface area (Å²) in [7, 11) is -3.19. The largest absolute Gasteiger partial charge is 0.167 e. The first-order chi connectivity index (χ1) is 14.9. The highest BCUT2D eigenvalue weighted by Gasteiger charge is 2.58. The summed E-state index contributed by atoms with van der Waals surface area (Å²) in [4.78, 5) is 0. The van der Waals surface area contributed by atoms with Gasteiger partial charge in [0.1, 0.15) is 0 Å². The zero-order chi connectivity index (χ0) is 22.8. The zero-order valence-electron chi connectivity index (χ0n) is 20.2. The summed E-state index contributed by atoms with van der Waals surface area (Å²) in [6, 6.07) is 21.5. The van der Waals surface area contributed by atoms with E-state index in [9.17, 15) is 0 Å². The van der Waals surface area contributed by atoms with Gasteiger partial charge in [-0.1, -0.05) is 74.7 Å². The van der Waals surface area contributed by atoms with Crippen molar-refractivity contribution in [2.75, 3.05) is 0 Å². The van der Waals surface area contributed by atoms with E-state index in [4.69, 9.17) is 22.2 Å². The Labute approximate surface area is 206 Å². The molecule has 4 bridgehead atoms. The maximum atomic E-state index is 6.63. The second-order valence-electron chi connectivity index (χ2n) is 12.7. The van der Waals surface area contributed by atoms with Crippen LogP contribution in [0.5, 0.6) is 0 Å². The van der Waals surface area contributed by atoms with Crippen molar-refractivity contribution in [2.24, 2.45) is 11.8 Å². The van der Waals surface area contributed by atoms with Gasteiger partial charge in [0.05, 0.1) is 0 Å². The van der Waals surface area contributed by atoms with Gasteiger partial charge in [0.15, 0.2) is 14.8 Å². The lowest BCUT2D eigenvalue weighted by atomic mass is 9.41. The van der Waals surface area contributed by atoms with E-state index in [1.54, 1.807) is 11.1 Å². The van der Waals surface area contributed by atoms with Crippen LogP contribution in [0.3, 0.4) is 0 Å². The van der Waals surface area contributed by atoms with Crippen LogP contribution in [-0.2, 0) is 22.9 Å². The van der Waals surface area contributed by atoms with E-state index < -0.39 is 14.8 Å². The molecule has 4 aliphatic rings. The molecule has 2 aromatic carbocycles. The summed E-state index contributed by atoms with van der Waals surface area (Å²) in [5.41, 5.74) is 6.78. The van der Waals surface area contributed by atoms with Gasteiger partial charge in [0, 0.05) is 0 Å². The highest BCUT2D eigenvalue weighted by molar-refractivity contribution is 7.19. The Kier molecular flexibility index (Phi) is 5.80. The van der Waals surface area contributed by atoms with E-state index in [1.807, 2.05) is 0 Å². The van der Waals surface area contributed by atoms with Crippen molar-refractivity contribution in [2.45, 2.75) is 87.6 Å². The summed E-state index contributed by atoms with van der Waals surface area (Å²) in [6.07, 6.45) is 8.36. The predicted molar refractivity (Wildman–Crippen MR) is 145 cm³/mol. The first-order valence-electron chi connectivity index (χ1n) is 12.5. The second kappa shape index (κ2) is 8.00. The van der Waals surface area contributed by atoms with Gasteiger partial charge in [-0.25, -0.2) is 0 Å². The molecule has 0 atom stereocenters. The maximum Gasteiger partial charge on any atom is 0.154 e. The van der Waals surface area contributed by atoms with E-state index in [2.05, 4.69) is 74.7 Å². The number of rotatable bonds is 6. The summed E-state index contributed by atoms with van der Waals surface area (Å²) in [5.74, 6) is 1.78. The van der Waals surface area contributed by atoms with Crippen LogP contribution in [-0.4, -0.2) is 14.8 Å². The Morgan fingerprint density at radius 2 is 1.00 bits per heavy atom. The minimum atomic E-state index is -1.60. The molecule has 4 aliphatic carbocycles. The lowest BCUT2D eigenvalue weighted by Gasteiger charge is -2.63. The van der Waals surface area contributed by atoms with Crippen molar-refractivity contribution in [3.63, 3.8) is 0 Å². The van der Waals surface area contributed by atoms with Crippen LogP contribution in [0, 0.1) is 11.8 Å². The molecule has 0 N–H and O–H groups in total. The van der Waals surface area contributed by atoms with Crippen LogP contribution in [0.25, 0.3) is 0 Å². The van der Waals surface area contributed by atoms with Gasteiger partial charge in [0.25, 0.3) is 0 Å². The van der Waals surface area contributed by atoms with Gasteiger partial charge in [-0.3, -0.25) is 0 Å². The van der Waals surface area contributed by atoms with Gasteiger partial charge in [-0.15, -0.1) is 0 Å². The van der Waals surface area contributed by atoms with Crippen molar-refractivity contribution in [3.8, 4) is 0 Å². The van der Waals surface area contributed by atoms with Crippen LogP contribution in [0.1, 0.15) is 60.8 Å². The molecule has 0 unspecified atom stereocenters. The van der Waals surface area contributed by atoms with Crippen molar-refractivity contribution in [1.29, 1.82) is 0 Å². The van der Waals surface area contributed by atoms with Crippen LogP contribution in [0.4, 0.5) is 0 Å². The summed E-state index contributed by atoms with van der Waals surface area (Å²) in [5, 5.41) is 0. The van der Waals surface area contributed by atoms with Crippen molar-refractivity contribution >= 4 is 36.9 Å². The molecule has 6 rings (SSSR count). The minimum Gasteiger partial charge on any atom is -0.167 e. The molecule has 0 radical (unpaired) electrons. The van der Waals surface area contributed by atoms with Gasteiger partial charge in [0.2, 0.25) is 0 Å². The number of halogens is 2. The third-order valence-corrected chi connectivity index (χ3v) is 11.7. The minimum absolute atomic E-state index is 0.375. The molecule has 4 fully saturated rings.